The summed E-state index contributed by atoms with van der Waals surface area (Å²) >= 11 is 0. The Morgan fingerprint density at radius 2 is 1.60 bits per heavy atom. The fourth-order valence-electron chi connectivity index (χ4n) is 2.42. The number of hydrogen-bond acceptors (Lipinski definition) is 2. The van der Waals surface area contributed by atoms with E-state index in [0.717, 1.165) is 16.9 Å². The predicted octanol–water partition coefficient (Wildman–Crippen LogP) is 5.47. The van der Waals surface area contributed by atoms with E-state index in [9.17, 15) is 9.65 Å². The van der Waals surface area contributed by atoms with Gasteiger partial charge in [0.1, 0.15) is 18.2 Å². The van der Waals surface area contributed by atoms with Gasteiger partial charge in [-0.2, -0.15) is 5.26 Å². The van der Waals surface area contributed by atoms with E-state index in [-0.39, 0.29) is 5.57 Å². The molecule has 0 bridgehead atoms. The summed E-state index contributed by atoms with van der Waals surface area (Å²) in [5.74, 6) is 0.337. The molecule has 0 unspecified atom stereocenters. The van der Waals surface area contributed by atoms with Gasteiger partial charge in [0.2, 0.25) is 0 Å². The Balaban J connectivity index is 1.73. The summed E-state index contributed by atoms with van der Waals surface area (Å²) < 4.78 is 19.6. The number of ether oxygens (including phenoxy) is 1. The van der Waals surface area contributed by atoms with Gasteiger partial charge < -0.3 is 4.74 Å². The minimum atomic E-state index is -0.405. The second kappa shape index (κ2) is 7.94. The summed E-state index contributed by atoms with van der Waals surface area (Å²) in [5, 5.41) is 9.32. The van der Waals surface area contributed by atoms with Gasteiger partial charge in [0, 0.05) is 5.56 Å². The molecule has 2 nitrogen and oxygen atoms in total. The van der Waals surface area contributed by atoms with Crippen molar-refractivity contribution in [1.29, 1.82) is 5.26 Å². The quantitative estimate of drug-likeness (QED) is 0.459. The lowest BCUT2D eigenvalue weighted by molar-refractivity contribution is 0.306. The number of allylic oxidation sites excluding steroid dienone is 1. The first-order chi connectivity index (χ1) is 12.3. The van der Waals surface area contributed by atoms with Gasteiger partial charge in [-0.3, -0.25) is 0 Å². The molecule has 0 fully saturated rings. The number of halogens is 1. The van der Waals surface area contributed by atoms with E-state index in [1.807, 2.05) is 54.6 Å². The topological polar surface area (TPSA) is 33.0 Å². The number of nitriles is 1. The second-order valence-electron chi connectivity index (χ2n) is 5.49. The van der Waals surface area contributed by atoms with Crippen LogP contribution >= 0.6 is 0 Å². The van der Waals surface area contributed by atoms with Crippen LogP contribution in [-0.2, 0) is 6.61 Å². The SMILES string of the molecule is N#CC(=Cc1ccc(OCc2ccccc2)cc1)c1ccccc1F. The third-order valence-electron chi connectivity index (χ3n) is 3.72. The Morgan fingerprint density at radius 3 is 2.28 bits per heavy atom. The van der Waals surface area contributed by atoms with Crippen molar-refractivity contribution in [2.24, 2.45) is 0 Å². The minimum absolute atomic E-state index is 0.288. The summed E-state index contributed by atoms with van der Waals surface area (Å²) in [6, 6.07) is 25.6. The van der Waals surface area contributed by atoms with Crippen LogP contribution in [0.15, 0.2) is 78.9 Å². The second-order valence-corrected chi connectivity index (χ2v) is 5.49. The number of nitrogens with zero attached hydrogens (tertiary/aromatic N) is 1. The van der Waals surface area contributed by atoms with Crippen LogP contribution in [0.1, 0.15) is 16.7 Å². The zero-order chi connectivity index (χ0) is 17.5. The lowest BCUT2D eigenvalue weighted by atomic mass is 10.0. The van der Waals surface area contributed by atoms with Gasteiger partial charge >= 0.3 is 0 Å². The van der Waals surface area contributed by atoms with Gasteiger partial charge in [-0.05, 0) is 35.4 Å². The molecule has 0 aliphatic carbocycles. The molecule has 0 amide bonds. The lowest BCUT2D eigenvalue weighted by Gasteiger charge is -2.07. The average molecular weight is 329 g/mol. The highest BCUT2D eigenvalue weighted by atomic mass is 19.1. The molecule has 0 saturated heterocycles. The molecule has 0 spiro atoms. The molecule has 3 rings (SSSR count). The standard InChI is InChI=1S/C22H16FNO/c23-22-9-5-4-8-21(22)19(15-24)14-17-10-12-20(13-11-17)25-16-18-6-2-1-3-7-18/h1-14H,16H2. The van der Waals surface area contributed by atoms with E-state index in [1.54, 1.807) is 24.3 Å². The molecule has 25 heavy (non-hydrogen) atoms. The van der Waals surface area contributed by atoms with Crippen molar-refractivity contribution in [2.75, 3.05) is 0 Å². The Labute approximate surface area is 146 Å². The van der Waals surface area contributed by atoms with Gasteiger partial charge in [0.15, 0.2) is 0 Å². The summed E-state index contributed by atoms with van der Waals surface area (Å²) in [5.41, 5.74) is 2.50. The van der Waals surface area contributed by atoms with Crippen LogP contribution in [0.3, 0.4) is 0 Å². The van der Waals surface area contributed by atoms with Crippen molar-refractivity contribution >= 4 is 11.6 Å². The minimum Gasteiger partial charge on any atom is -0.489 e. The van der Waals surface area contributed by atoms with Crippen molar-refractivity contribution in [2.45, 2.75) is 6.61 Å². The highest BCUT2D eigenvalue weighted by molar-refractivity contribution is 5.89. The van der Waals surface area contributed by atoms with Crippen LogP contribution < -0.4 is 4.74 Å². The number of benzene rings is 3. The first-order valence-corrected chi connectivity index (χ1v) is 7.90. The molecule has 0 aliphatic heterocycles. The molecular weight excluding hydrogens is 313 g/mol. The molecule has 0 N–H and O–H groups in total. The molecule has 122 valence electrons. The smallest absolute Gasteiger partial charge is 0.131 e. The molecule has 3 heteroatoms. The zero-order valence-electron chi connectivity index (χ0n) is 13.5. The third kappa shape index (κ3) is 4.33. The van der Waals surface area contributed by atoms with Gasteiger partial charge in [-0.25, -0.2) is 4.39 Å². The molecule has 3 aromatic carbocycles. The maximum atomic E-state index is 13.8. The summed E-state index contributed by atoms with van der Waals surface area (Å²) in [6.45, 7) is 0.495. The highest BCUT2D eigenvalue weighted by Crippen LogP contribution is 2.22. The fourth-order valence-corrected chi connectivity index (χ4v) is 2.42. The first-order valence-electron chi connectivity index (χ1n) is 7.90. The molecule has 0 heterocycles. The Bertz CT molecular complexity index is 909. The molecule has 0 aliphatic rings. The van der Waals surface area contributed by atoms with Crippen molar-refractivity contribution in [3.8, 4) is 11.8 Å². The summed E-state index contributed by atoms with van der Waals surface area (Å²) in [4.78, 5) is 0. The van der Waals surface area contributed by atoms with Gasteiger partial charge in [0.25, 0.3) is 0 Å². The average Bonchev–Trinajstić information content (AvgIpc) is 2.67. The van der Waals surface area contributed by atoms with Crippen molar-refractivity contribution in [3.63, 3.8) is 0 Å². The van der Waals surface area contributed by atoms with Crippen molar-refractivity contribution < 1.29 is 9.13 Å². The molecule has 0 atom stereocenters. The van der Waals surface area contributed by atoms with E-state index < -0.39 is 5.82 Å². The van der Waals surface area contributed by atoms with Crippen LogP contribution in [0.4, 0.5) is 4.39 Å². The van der Waals surface area contributed by atoms with Crippen LogP contribution in [-0.4, -0.2) is 0 Å². The predicted molar refractivity (Wildman–Crippen MR) is 97.1 cm³/mol. The van der Waals surface area contributed by atoms with E-state index in [0.29, 0.717) is 12.2 Å². The van der Waals surface area contributed by atoms with Gasteiger partial charge in [-0.15, -0.1) is 0 Å². The van der Waals surface area contributed by atoms with Crippen LogP contribution in [0.25, 0.3) is 11.6 Å². The maximum Gasteiger partial charge on any atom is 0.131 e. The van der Waals surface area contributed by atoms with E-state index in [1.165, 1.54) is 6.07 Å². The van der Waals surface area contributed by atoms with Crippen molar-refractivity contribution in [1.82, 2.24) is 0 Å². The highest BCUT2D eigenvalue weighted by Gasteiger charge is 2.06. The molecule has 0 aromatic heterocycles. The Hall–Kier alpha value is -3.38. The zero-order valence-corrected chi connectivity index (χ0v) is 13.5. The van der Waals surface area contributed by atoms with Crippen LogP contribution in [0.2, 0.25) is 0 Å². The normalized spacial score (nSPS) is 11.0. The maximum absolute atomic E-state index is 13.8. The van der Waals surface area contributed by atoms with Gasteiger partial charge in [0.05, 0.1) is 11.6 Å². The molecule has 0 radical (unpaired) electrons. The number of rotatable bonds is 5. The summed E-state index contributed by atoms with van der Waals surface area (Å²) in [7, 11) is 0. The fraction of sp³-hybridized carbons (Fsp3) is 0.0455. The van der Waals surface area contributed by atoms with Crippen LogP contribution in [0.5, 0.6) is 5.75 Å². The Kier molecular flexibility index (Phi) is 5.23. The van der Waals surface area contributed by atoms with E-state index >= 15 is 0 Å². The largest absolute Gasteiger partial charge is 0.489 e. The molecular formula is C22H16FNO. The monoisotopic (exact) mass is 329 g/mol. The third-order valence-corrected chi connectivity index (χ3v) is 3.72. The molecule has 3 aromatic rings. The van der Waals surface area contributed by atoms with Crippen molar-refractivity contribution in [3.05, 3.63) is 101 Å². The lowest BCUT2D eigenvalue weighted by Crippen LogP contribution is -1.94. The van der Waals surface area contributed by atoms with Crippen LogP contribution in [0, 0.1) is 17.1 Å². The first kappa shape index (κ1) is 16.5. The number of hydrogen-bond donors (Lipinski definition) is 0. The molecule has 0 saturated carbocycles. The van der Waals surface area contributed by atoms with Gasteiger partial charge in [-0.1, -0.05) is 60.7 Å². The van der Waals surface area contributed by atoms with E-state index in [4.69, 9.17) is 4.74 Å². The summed E-state index contributed by atoms with van der Waals surface area (Å²) in [6.07, 6.45) is 1.67. The van der Waals surface area contributed by atoms with E-state index in [2.05, 4.69) is 6.07 Å². The Morgan fingerprint density at radius 1 is 0.920 bits per heavy atom.